The maximum absolute atomic E-state index is 13.6. The predicted molar refractivity (Wildman–Crippen MR) is 89.6 cm³/mol. The Labute approximate surface area is 143 Å². The van der Waals surface area contributed by atoms with E-state index in [-0.39, 0.29) is 11.7 Å². The number of hydrogen-bond donors (Lipinski definition) is 1. The van der Waals surface area contributed by atoms with Gasteiger partial charge in [0.2, 0.25) is 0 Å². The Kier molecular flexibility index (Phi) is 4.55. The number of nitrogens with zero attached hydrogens (tertiary/aromatic N) is 3. The summed E-state index contributed by atoms with van der Waals surface area (Å²) in [6.07, 6.45) is -3.64. The van der Waals surface area contributed by atoms with Crippen LogP contribution in [-0.4, -0.2) is 48.3 Å². The highest BCUT2D eigenvalue weighted by Crippen LogP contribution is 2.40. The minimum Gasteiger partial charge on any atom is -0.369 e. The maximum atomic E-state index is 13.6. The smallest absolute Gasteiger partial charge is 0.369 e. The van der Waals surface area contributed by atoms with Crippen LogP contribution in [0.15, 0.2) is 35.1 Å². The molecule has 8 heteroatoms. The summed E-state index contributed by atoms with van der Waals surface area (Å²) in [4.78, 5) is 14.9. The van der Waals surface area contributed by atoms with Crippen LogP contribution in [-0.2, 0) is 6.18 Å². The number of alkyl halides is 3. The molecule has 25 heavy (non-hydrogen) atoms. The Bertz CT molecular complexity index is 796. The number of H-pyrrole nitrogens is 1. The number of aromatic nitrogens is 2. The molecule has 134 valence electrons. The predicted octanol–water partition coefficient (Wildman–Crippen LogP) is 2.60. The number of anilines is 1. The van der Waals surface area contributed by atoms with Crippen LogP contribution in [0.1, 0.15) is 12.0 Å². The van der Waals surface area contributed by atoms with Gasteiger partial charge in [0.1, 0.15) is 0 Å². The van der Waals surface area contributed by atoms with Crippen molar-refractivity contribution in [1.82, 2.24) is 15.1 Å². The minimum absolute atomic E-state index is 0.185. The topological polar surface area (TPSA) is 52.2 Å². The van der Waals surface area contributed by atoms with E-state index in [1.807, 2.05) is 19.0 Å². The molecule has 0 radical (unpaired) electrons. The van der Waals surface area contributed by atoms with Gasteiger partial charge in [-0.1, -0.05) is 6.07 Å². The molecule has 2 heterocycles. The van der Waals surface area contributed by atoms with Crippen LogP contribution in [0, 0.1) is 0 Å². The molecule has 1 aliphatic rings. The highest BCUT2D eigenvalue weighted by atomic mass is 19.4. The molecule has 1 saturated heterocycles. The molecule has 1 fully saturated rings. The number of nitrogens with one attached hydrogen (secondary N) is 1. The largest absolute Gasteiger partial charge is 0.418 e. The van der Waals surface area contributed by atoms with Gasteiger partial charge >= 0.3 is 6.18 Å². The standard InChI is InChI=1S/C17H19F3N4O/c1-23(2)12-7-8-24(10-12)15-5-3-11(9-13(15)17(18,19)20)14-4-6-16(25)22-21-14/h3-6,9,12H,7-8,10H2,1-2H3,(H,22,25)/t12-/m1/s1. The summed E-state index contributed by atoms with van der Waals surface area (Å²) in [5.74, 6) is 0. The summed E-state index contributed by atoms with van der Waals surface area (Å²) in [6, 6.07) is 7.08. The van der Waals surface area contributed by atoms with Crippen molar-refractivity contribution in [2.24, 2.45) is 0 Å². The Hall–Kier alpha value is -2.35. The van der Waals surface area contributed by atoms with E-state index in [0.717, 1.165) is 12.5 Å². The van der Waals surface area contributed by atoms with Crippen molar-refractivity contribution in [2.45, 2.75) is 18.6 Å². The second-order valence-corrected chi connectivity index (χ2v) is 6.39. The summed E-state index contributed by atoms with van der Waals surface area (Å²) >= 11 is 0. The van der Waals surface area contributed by atoms with Crippen LogP contribution in [0.25, 0.3) is 11.3 Å². The highest BCUT2D eigenvalue weighted by molar-refractivity contribution is 5.67. The van der Waals surface area contributed by atoms with E-state index in [9.17, 15) is 18.0 Å². The van der Waals surface area contributed by atoms with Gasteiger partial charge in [-0.2, -0.15) is 18.3 Å². The highest BCUT2D eigenvalue weighted by Gasteiger charge is 2.37. The number of hydrogen-bond acceptors (Lipinski definition) is 4. The molecule has 0 amide bonds. The second kappa shape index (κ2) is 6.51. The van der Waals surface area contributed by atoms with Crippen molar-refractivity contribution in [3.8, 4) is 11.3 Å². The summed E-state index contributed by atoms with van der Waals surface area (Å²) in [5, 5.41) is 6.05. The number of benzene rings is 1. The van der Waals surface area contributed by atoms with E-state index < -0.39 is 17.3 Å². The van der Waals surface area contributed by atoms with E-state index in [4.69, 9.17) is 0 Å². The third kappa shape index (κ3) is 3.68. The molecular formula is C17H19F3N4O. The third-order valence-corrected chi connectivity index (χ3v) is 4.51. The van der Waals surface area contributed by atoms with E-state index in [1.54, 1.807) is 11.0 Å². The monoisotopic (exact) mass is 352 g/mol. The number of aromatic amines is 1. The van der Waals surface area contributed by atoms with Gasteiger partial charge < -0.3 is 9.80 Å². The molecule has 0 aliphatic carbocycles. The van der Waals surface area contributed by atoms with Crippen molar-refractivity contribution < 1.29 is 13.2 Å². The molecule has 5 nitrogen and oxygen atoms in total. The summed E-state index contributed by atoms with van der Waals surface area (Å²) < 4.78 is 40.8. The third-order valence-electron chi connectivity index (χ3n) is 4.51. The SMILES string of the molecule is CN(C)[C@@H]1CCN(c2ccc(-c3ccc(=O)[nH]n3)cc2C(F)(F)F)C1. The molecule has 1 N–H and O–H groups in total. The normalized spacial score (nSPS) is 18.2. The zero-order valence-corrected chi connectivity index (χ0v) is 14.0. The number of halogens is 3. The van der Waals surface area contributed by atoms with E-state index in [1.165, 1.54) is 18.2 Å². The molecule has 1 aromatic carbocycles. The van der Waals surface area contributed by atoms with Crippen molar-refractivity contribution in [1.29, 1.82) is 0 Å². The van der Waals surface area contributed by atoms with Gasteiger partial charge in [0.15, 0.2) is 0 Å². The van der Waals surface area contributed by atoms with Crippen molar-refractivity contribution >= 4 is 5.69 Å². The van der Waals surface area contributed by atoms with Gasteiger partial charge in [0.25, 0.3) is 5.56 Å². The maximum Gasteiger partial charge on any atom is 0.418 e. The van der Waals surface area contributed by atoms with Gasteiger partial charge in [-0.05, 0) is 38.7 Å². The van der Waals surface area contributed by atoms with Crippen LogP contribution in [0.5, 0.6) is 0 Å². The Morgan fingerprint density at radius 2 is 2.00 bits per heavy atom. The van der Waals surface area contributed by atoms with E-state index in [2.05, 4.69) is 10.2 Å². The molecule has 0 spiro atoms. The molecule has 0 unspecified atom stereocenters. The summed E-state index contributed by atoms with van der Waals surface area (Å²) in [7, 11) is 3.87. The first kappa shape index (κ1) is 17.5. The molecular weight excluding hydrogens is 333 g/mol. The fraction of sp³-hybridized carbons (Fsp3) is 0.412. The average molecular weight is 352 g/mol. The molecule has 0 saturated carbocycles. The van der Waals surface area contributed by atoms with Crippen LogP contribution in [0.3, 0.4) is 0 Å². The van der Waals surface area contributed by atoms with Crippen LogP contribution in [0.4, 0.5) is 18.9 Å². The molecule has 1 aromatic heterocycles. The first-order chi connectivity index (χ1) is 11.8. The lowest BCUT2D eigenvalue weighted by atomic mass is 10.0. The van der Waals surface area contributed by atoms with Crippen LogP contribution >= 0.6 is 0 Å². The quantitative estimate of drug-likeness (QED) is 0.923. The molecule has 3 rings (SSSR count). The average Bonchev–Trinajstić information content (AvgIpc) is 3.04. The summed E-state index contributed by atoms with van der Waals surface area (Å²) in [5.41, 5.74) is -0.287. The van der Waals surface area contributed by atoms with Gasteiger partial charge in [-0.3, -0.25) is 4.79 Å². The molecule has 2 aromatic rings. The van der Waals surface area contributed by atoms with Gasteiger partial charge in [0, 0.05) is 36.4 Å². The Morgan fingerprint density at radius 3 is 2.56 bits per heavy atom. The fourth-order valence-electron chi connectivity index (χ4n) is 3.09. The van der Waals surface area contributed by atoms with Gasteiger partial charge in [0.05, 0.1) is 11.3 Å². The van der Waals surface area contributed by atoms with Crippen LogP contribution < -0.4 is 10.5 Å². The van der Waals surface area contributed by atoms with Crippen molar-refractivity contribution in [2.75, 3.05) is 32.1 Å². The van der Waals surface area contributed by atoms with Crippen molar-refractivity contribution in [3.05, 3.63) is 46.2 Å². The minimum atomic E-state index is -4.47. The van der Waals surface area contributed by atoms with Gasteiger partial charge in [-0.25, -0.2) is 5.10 Å². The van der Waals surface area contributed by atoms with E-state index in [0.29, 0.717) is 24.3 Å². The second-order valence-electron chi connectivity index (χ2n) is 6.39. The first-order valence-electron chi connectivity index (χ1n) is 7.94. The lowest BCUT2D eigenvalue weighted by Gasteiger charge is -2.25. The van der Waals surface area contributed by atoms with Gasteiger partial charge in [-0.15, -0.1) is 0 Å². The molecule has 1 aliphatic heterocycles. The van der Waals surface area contributed by atoms with Crippen LogP contribution in [0.2, 0.25) is 0 Å². The Balaban J connectivity index is 1.99. The lowest BCUT2D eigenvalue weighted by molar-refractivity contribution is -0.137. The van der Waals surface area contributed by atoms with E-state index >= 15 is 0 Å². The molecule has 1 atom stereocenters. The zero-order valence-electron chi connectivity index (χ0n) is 14.0. The number of rotatable bonds is 3. The Morgan fingerprint density at radius 1 is 1.24 bits per heavy atom. The summed E-state index contributed by atoms with van der Waals surface area (Å²) in [6.45, 7) is 1.15. The number of likely N-dealkylation sites (N-methyl/N-ethyl adjacent to an activating group) is 1. The zero-order chi connectivity index (χ0) is 18.2. The lowest BCUT2D eigenvalue weighted by Crippen LogP contribution is -2.32. The molecule has 0 bridgehead atoms. The fourth-order valence-corrected chi connectivity index (χ4v) is 3.09. The first-order valence-corrected chi connectivity index (χ1v) is 7.94. The van der Waals surface area contributed by atoms with Crippen molar-refractivity contribution in [3.63, 3.8) is 0 Å².